The number of nitrogens with zero attached hydrogens (tertiary/aromatic N) is 1. The Hall–Kier alpha value is -2.81. The molecule has 0 unspecified atom stereocenters. The number of fused-ring (bicyclic) bond motifs is 2. The molecule has 2 aliphatic heterocycles. The molecule has 164 valence electrons. The van der Waals surface area contributed by atoms with Crippen LogP contribution >= 0.6 is 0 Å². The summed E-state index contributed by atoms with van der Waals surface area (Å²) in [6.45, 7) is 3.99. The second-order valence-electron chi connectivity index (χ2n) is 7.91. The number of nitrogens with one attached hydrogen (secondary N) is 2. The minimum Gasteiger partial charge on any atom is -0.490 e. The molecule has 0 aromatic heterocycles. The SMILES string of the molecule is COC(=O)C[C@@H]1CC[C@H]2[C@@H](COc3ccc(NC(=O)NC(C)C)cc3C(=O)N2C)O1. The fourth-order valence-electron chi connectivity index (χ4n) is 3.80. The van der Waals surface area contributed by atoms with Crippen LogP contribution in [0, 0.1) is 0 Å². The van der Waals surface area contributed by atoms with Gasteiger partial charge < -0.3 is 29.7 Å². The average Bonchev–Trinajstić information content (AvgIpc) is 2.70. The number of benzene rings is 1. The van der Waals surface area contributed by atoms with Gasteiger partial charge in [-0.3, -0.25) is 9.59 Å². The van der Waals surface area contributed by atoms with Gasteiger partial charge in [0.1, 0.15) is 18.5 Å². The Morgan fingerprint density at radius 2 is 2.07 bits per heavy atom. The summed E-state index contributed by atoms with van der Waals surface area (Å²) in [5.74, 6) is -0.0945. The van der Waals surface area contributed by atoms with Gasteiger partial charge in [0.25, 0.3) is 5.91 Å². The molecule has 3 rings (SSSR count). The fraction of sp³-hybridized carbons (Fsp3) is 0.571. The maximum atomic E-state index is 13.2. The van der Waals surface area contributed by atoms with Crippen LogP contribution in [0.25, 0.3) is 0 Å². The summed E-state index contributed by atoms with van der Waals surface area (Å²) in [6.07, 6.45) is 0.933. The van der Waals surface area contributed by atoms with E-state index in [1.165, 1.54) is 7.11 Å². The molecule has 0 aliphatic carbocycles. The Kier molecular flexibility index (Phi) is 6.81. The van der Waals surface area contributed by atoms with Gasteiger partial charge in [-0.05, 0) is 44.9 Å². The summed E-state index contributed by atoms with van der Waals surface area (Å²) in [5, 5.41) is 5.48. The zero-order chi connectivity index (χ0) is 21.8. The molecule has 1 fully saturated rings. The van der Waals surface area contributed by atoms with Gasteiger partial charge >= 0.3 is 12.0 Å². The van der Waals surface area contributed by atoms with Gasteiger partial charge in [0.2, 0.25) is 0 Å². The second kappa shape index (κ2) is 9.34. The highest BCUT2D eigenvalue weighted by Gasteiger charge is 2.39. The lowest BCUT2D eigenvalue weighted by Crippen LogP contribution is -2.53. The first-order chi connectivity index (χ1) is 14.3. The topological polar surface area (TPSA) is 106 Å². The number of rotatable bonds is 4. The van der Waals surface area contributed by atoms with Crippen molar-refractivity contribution in [1.29, 1.82) is 0 Å². The third-order valence-electron chi connectivity index (χ3n) is 5.31. The zero-order valence-corrected chi connectivity index (χ0v) is 17.8. The van der Waals surface area contributed by atoms with Crippen molar-refractivity contribution in [3.63, 3.8) is 0 Å². The maximum Gasteiger partial charge on any atom is 0.319 e. The fourth-order valence-corrected chi connectivity index (χ4v) is 3.80. The standard InChI is InChI=1S/C21H29N3O6/c1-12(2)22-21(27)23-13-5-8-17-15(9-13)20(26)24(3)16-7-6-14(10-19(25)28-4)30-18(16)11-29-17/h5,8-9,12,14,16,18H,6-7,10-11H2,1-4H3,(H2,22,23,27)/t14-,16-,18+/m0/s1. The van der Waals surface area contributed by atoms with E-state index >= 15 is 0 Å². The average molecular weight is 419 g/mol. The first-order valence-electron chi connectivity index (χ1n) is 10.1. The largest absolute Gasteiger partial charge is 0.490 e. The molecular formula is C21H29N3O6. The van der Waals surface area contributed by atoms with Crippen LogP contribution in [-0.4, -0.2) is 67.9 Å². The molecule has 0 bridgehead atoms. The smallest absolute Gasteiger partial charge is 0.319 e. The molecule has 2 heterocycles. The molecule has 1 aromatic rings. The third kappa shape index (κ3) is 5.02. The summed E-state index contributed by atoms with van der Waals surface area (Å²) in [7, 11) is 3.09. The Labute approximate surface area is 176 Å². The lowest BCUT2D eigenvalue weighted by molar-refractivity contribution is -0.151. The highest BCUT2D eigenvalue weighted by atomic mass is 16.5. The number of likely N-dealkylation sites (N-methyl/N-ethyl adjacent to an activating group) is 1. The molecule has 2 N–H and O–H groups in total. The van der Waals surface area contributed by atoms with Crippen LogP contribution in [-0.2, 0) is 14.3 Å². The van der Waals surface area contributed by atoms with Crippen LogP contribution in [0.3, 0.4) is 0 Å². The predicted molar refractivity (Wildman–Crippen MR) is 110 cm³/mol. The van der Waals surface area contributed by atoms with Gasteiger partial charge in [-0.2, -0.15) is 0 Å². The maximum absolute atomic E-state index is 13.2. The van der Waals surface area contributed by atoms with E-state index in [1.54, 1.807) is 30.1 Å². The molecule has 3 amide bonds. The Balaban J connectivity index is 1.76. The first kappa shape index (κ1) is 21.9. The Morgan fingerprint density at radius 3 is 2.77 bits per heavy atom. The van der Waals surface area contributed by atoms with Gasteiger partial charge in [-0.25, -0.2) is 4.79 Å². The first-order valence-corrected chi connectivity index (χ1v) is 10.1. The molecule has 3 atom stereocenters. The van der Waals surface area contributed by atoms with Gasteiger partial charge in [0.15, 0.2) is 0 Å². The molecule has 9 nitrogen and oxygen atoms in total. The molecule has 0 spiro atoms. The van der Waals surface area contributed by atoms with Crippen molar-refractivity contribution in [1.82, 2.24) is 10.2 Å². The van der Waals surface area contributed by atoms with Gasteiger partial charge in [-0.15, -0.1) is 0 Å². The zero-order valence-electron chi connectivity index (χ0n) is 17.8. The van der Waals surface area contributed by atoms with Crippen LogP contribution in [0.4, 0.5) is 10.5 Å². The molecule has 1 aromatic carbocycles. The van der Waals surface area contributed by atoms with Crippen molar-refractivity contribution in [3.8, 4) is 5.75 Å². The van der Waals surface area contributed by atoms with Gasteiger partial charge in [-0.1, -0.05) is 0 Å². The molecule has 1 saturated heterocycles. The van der Waals surface area contributed by atoms with Crippen molar-refractivity contribution < 1.29 is 28.6 Å². The number of amides is 3. The van der Waals surface area contributed by atoms with Gasteiger partial charge in [0, 0.05) is 18.8 Å². The number of hydrogen-bond donors (Lipinski definition) is 2. The van der Waals surface area contributed by atoms with E-state index < -0.39 is 0 Å². The lowest BCUT2D eigenvalue weighted by Gasteiger charge is -2.42. The van der Waals surface area contributed by atoms with E-state index in [2.05, 4.69) is 10.6 Å². The summed E-state index contributed by atoms with van der Waals surface area (Å²) in [4.78, 5) is 38.4. The summed E-state index contributed by atoms with van der Waals surface area (Å²) < 4.78 is 16.7. The number of esters is 1. The minimum atomic E-state index is -0.342. The van der Waals surface area contributed by atoms with E-state index in [9.17, 15) is 14.4 Å². The van der Waals surface area contributed by atoms with Crippen molar-refractivity contribution in [2.45, 2.75) is 57.4 Å². The summed E-state index contributed by atoms with van der Waals surface area (Å²) in [6, 6.07) is 4.47. The number of carbonyl (C=O) groups excluding carboxylic acids is 3. The molecule has 30 heavy (non-hydrogen) atoms. The lowest BCUT2D eigenvalue weighted by atomic mass is 9.94. The molecule has 0 radical (unpaired) electrons. The Bertz CT molecular complexity index is 812. The van der Waals surface area contributed by atoms with Crippen LogP contribution < -0.4 is 15.4 Å². The van der Waals surface area contributed by atoms with Crippen LogP contribution in [0.5, 0.6) is 5.75 Å². The second-order valence-corrected chi connectivity index (χ2v) is 7.91. The van der Waals surface area contributed by atoms with Crippen LogP contribution in [0.1, 0.15) is 43.5 Å². The van der Waals surface area contributed by atoms with Crippen molar-refractivity contribution in [3.05, 3.63) is 23.8 Å². The monoisotopic (exact) mass is 419 g/mol. The summed E-state index contributed by atoms with van der Waals surface area (Å²) >= 11 is 0. The Morgan fingerprint density at radius 1 is 1.30 bits per heavy atom. The van der Waals surface area contributed by atoms with E-state index in [0.717, 1.165) is 0 Å². The highest BCUT2D eigenvalue weighted by Crippen LogP contribution is 2.32. The van der Waals surface area contributed by atoms with E-state index in [1.807, 2.05) is 13.8 Å². The third-order valence-corrected chi connectivity index (χ3v) is 5.31. The number of anilines is 1. The molecular weight excluding hydrogens is 390 g/mol. The van der Waals surface area contributed by atoms with Crippen molar-refractivity contribution in [2.24, 2.45) is 0 Å². The van der Waals surface area contributed by atoms with Crippen molar-refractivity contribution >= 4 is 23.6 Å². The number of ether oxygens (including phenoxy) is 3. The normalized spacial score (nSPS) is 23.4. The molecule has 0 saturated carbocycles. The summed E-state index contributed by atoms with van der Waals surface area (Å²) in [5.41, 5.74) is 0.891. The highest BCUT2D eigenvalue weighted by molar-refractivity contribution is 5.99. The van der Waals surface area contributed by atoms with E-state index in [0.29, 0.717) is 29.8 Å². The number of methoxy groups -OCH3 is 1. The predicted octanol–water partition coefficient (Wildman–Crippen LogP) is 2.16. The van der Waals surface area contributed by atoms with Crippen LogP contribution in [0.15, 0.2) is 18.2 Å². The van der Waals surface area contributed by atoms with E-state index in [-0.39, 0.29) is 55.2 Å². The van der Waals surface area contributed by atoms with E-state index in [4.69, 9.17) is 14.2 Å². The number of urea groups is 1. The number of carbonyl (C=O) groups is 3. The molecule has 2 aliphatic rings. The minimum absolute atomic E-state index is 0.00307. The van der Waals surface area contributed by atoms with Crippen LogP contribution in [0.2, 0.25) is 0 Å². The van der Waals surface area contributed by atoms with Gasteiger partial charge in [0.05, 0.1) is 31.2 Å². The molecule has 9 heteroatoms. The van der Waals surface area contributed by atoms with Crippen molar-refractivity contribution in [2.75, 3.05) is 26.1 Å². The quantitative estimate of drug-likeness (QED) is 0.725. The number of hydrogen-bond acceptors (Lipinski definition) is 6.